The highest BCUT2D eigenvalue weighted by atomic mass is 32.2. The Labute approximate surface area is 157 Å². The lowest BCUT2D eigenvalue weighted by Gasteiger charge is -2.29. The molecule has 0 radical (unpaired) electrons. The molecule has 0 aromatic heterocycles. The van der Waals surface area contributed by atoms with E-state index in [0.29, 0.717) is 12.8 Å². The molecule has 7 heteroatoms. The van der Waals surface area contributed by atoms with E-state index >= 15 is 0 Å². The minimum absolute atomic E-state index is 0.0377. The summed E-state index contributed by atoms with van der Waals surface area (Å²) in [5.41, 5.74) is 0.793. The van der Waals surface area contributed by atoms with Gasteiger partial charge in [0.2, 0.25) is 11.8 Å². The Balaban J connectivity index is 1.41. The van der Waals surface area contributed by atoms with Gasteiger partial charge in [0, 0.05) is 17.4 Å². The van der Waals surface area contributed by atoms with Crippen LogP contribution in [0.4, 0.5) is 5.69 Å². The molecule has 1 atom stereocenters. The molecule has 0 spiro atoms. The molecule has 26 heavy (non-hydrogen) atoms. The van der Waals surface area contributed by atoms with Gasteiger partial charge in [0.1, 0.15) is 0 Å². The molecule has 2 fully saturated rings. The topological polar surface area (TPSA) is 78.5 Å². The monoisotopic (exact) mass is 373 g/mol. The minimum Gasteiger partial charge on any atom is -0.352 e. The molecule has 1 aromatic rings. The lowest BCUT2D eigenvalue weighted by atomic mass is 9.95. The molecule has 3 amide bonds. The summed E-state index contributed by atoms with van der Waals surface area (Å²) in [4.78, 5) is 39.1. The average Bonchev–Trinajstić information content (AvgIpc) is 3.16. The molecular formula is C19H23N3O3S. The maximum atomic E-state index is 13.0. The Bertz CT molecular complexity index is 747. The largest absolute Gasteiger partial charge is 0.352 e. The first kappa shape index (κ1) is 17.4. The lowest BCUT2D eigenvalue weighted by Crippen LogP contribution is -2.54. The van der Waals surface area contributed by atoms with Gasteiger partial charge in [0.25, 0.3) is 5.91 Å². The zero-order valence-electron chi connectivity index (χ0n) is 14.6. The molecule has 1 saturated carbocycles. The number of carbonyl (C=O) groups is 3. The van der Waals surface area contributed by atoms with Crippen LogP contribution in [0.5, 0.6) is 0 Å². The maximum Gasteiger partial charge on any atom is 0.257 e. The smallest absolute Gasteiger partial charge is 0.257 e. The number of amides is 3. The van der Waals surface area contributed by atoms with E-state index in [2.05, 4.69) is 10.6 Å². The third kappa shape index (κ3) is 2.98. The predicted molar refractivity (Wildman–Crippen MR) is 99.8 cm³/mol. The van der Waals surface area contributed by atoms with E-state index in [0.717, 1.165) is 36.3 Å². The van der Waals surface area contributed by atoms with Crippen molar-refractivity contribution in [3.8, 4) is 0 Å². The Morgan fingerprint density at radius 1 is 1.19 bits per heavy atom. The van der Waals surface area contributed by atoms with Gasteiger partial charge in [-0.25, -0.2) is 0 Å². The number of para-hydroxylation sites is 1. The van der Waals surface area contributed by atoms with Crippen LogP contribution in [0.25, 0.3) is 0 Å². The number of fused-ring (bicyclic) bond motifs is 3. The Morgan fingerprint density at radius 3 is 2.77 bits per heavy atom. The van der Waals surface area contributed by atoms with Crippen LogP contribution in [-0.4, -0.2) is 35.2 Å². The molecule has 4 rings (SSSR count). The van der Waals surface area contributed by atoms with Gasteiger partial charge in [-0.1, -0.05) is 43.2 Å². The summed E-state index contributed by atoms with van der Waals surface area (Å²) in [6.45, 7) is -0.0456. The van der Waals surface area contributed by atoms with Crippen LogP contribution in [0.1, 0.15) is 44.9 Å². The van der Waals surface area contributed by atoms with Crippen molar-refractivity contribution in [2.75, 3.05) is 11.4 Å². The molecule has 2 N–H and O–H groups in total. The third-order valence-electron chi connectivity index (χ3n) is 5.41. The van der Waals surface area contributed by atoms with Gasteiger partial charge in [-0.2, -0.15) is 0 Å². The van der Waals surface area contributed by atoms with Gasteiger partial charge in [-0.3, -0.25) is 19.3 Å². The molecule has 6 nitrogen and oxygen atoms in total. The molecule has 1 aliphatic carbocycles. The van der Waals surface area contributed by atoms with E-state index < -0.39 is 4.87 Å². The second-order valence-corrected chi connectivity index (χ2v) is 8.49. The van der Waals surface area contributed by atoms with E-state index in [1.807, 2.05) is 24.3 Å². The van der Waals surface area contributed by atoms with Crippen molar-refractivity contribution in [2.24, 2.45) is 0 Å². The number of benzene rings is 1. The van der Waals surface area contributed by atoms with Gasteiger partial charge in [0.05, 0.1) is 12.2 Å². The quantitative estimate of drug-likeness (QED) is 0.848. The highest BCUT2D eigenvalue weighted by Gasteiger charge is 2.57. The molecule has 3 aliphatic rings. The van der Waals surface area contributed by atoms with Crippen molar-refractivity contribution in [2.45, 2.75) is 60.8 Å². The number of thioether (sulfide) groups is 1. The van der Waals surface area contributed by atoms with Crippen LogP contribution in [0.2, 0.25) is 0 Å². The maximum absolute atomic E-state index is 13.0. The van der Waals surface area contributed by atoms with Gasteiger partial charge in [-0.15, -0.1) is 0 Å². The van der Waals surface area contributed by atoms with E-state index in [4.69, 9.17) is 0 Å². The van der Waals surface area contributed by atoms with Gasteiger partial charge < -0.3 is 10.6 Å². The summed E-state index contributed by atoms with van der Waals surface area (Å²) in [6, 6.07) is 7.80. The number of carbonyl (C=O) groups excluding carboxylic acids is 3. The summed E-state index contributed by atoms with van der Waals surface area (Å²) in [5.74, 6) is -0.453. The molecule has 0 unspecified atom stereocenters. The van der Waals surface area contributed by atoms with Crippen molar-refractivity contribution in [3.05, 3.63) is 24.3 Å². The number of anilines is 1. The molecule has 0 bridgehead atoms. The zero-order valence-corrected chi connectivity index (χ0v) is 15.4. The number of hydrogen-bond donors (Lipinski definition) is 2. The fourth-order valence-electron chi connectivity index (χ4n) is 4.12. The van der Waals surface area contributed by atoms with Crippen molar-refractivity contribution in [1.29, 1.82) is 0 Å². The Kier molecular flexibility index (Phi) is 4.65. The first-order chi connectivity index (χ1) is 12.6. The Morgan fingerprint density at radius 2 is 1.96 bits per heavy atom. The molecule has 1 saturated heterocycles. The number of hydrogen-bond acceptors (Lipinski definition) is 4. The van der Waals surface area contributed by atoms with Crippen LogP contribution >= 0.6 is 11.8 Å². The zero-order chi connectivity index (χ0) is 18.1. The summed E-state index contributed by atoms with van der Waals surface area (Å²) in [6.07, 6.45) is 6.35. The van der Waals surface area contributed by atoms with E-state index in [9.17, 15) is 14.4 Å². The second kappa shape index (κ2) is 6.95. The number of nitrogens with zero attached hydrogens (tertiary/aromatic N) is 1. The van der Waals surface area contributed by atoms with Gasteiger partial charge in [-0.05, 0) is 31.4 Å². The summed E-state index contributed by atoms with van der Waals surface area (Å²) in [5, 5.41) is 5.77. The molecule has 2 aliphatic heterocycles. The third-order valence-corrected chi connectivity index (χ3v) is 6.88. The van der Waals surface area contributed by atoms with Crippen molar-refractivity contribution >= 4 is 35.2 Å². The average molecular weight is 373 g/mol. The fraction of sp³-hybridized carbons (Fsp3) is 0.526. The molecule has 138 valence electrons. The molecular weight excluding hydrogens is 350 g/mol. The van der Waals surface area contributed by atoms with Crippen molar-refractivity contribution in [1.82, 2.24) is 10.6 Å². The molecule has 1 aromatic carbocycles. The van der Waals surface area contributed by atoms with E-state index in [1.54, 1.807) is 4.90 Å². The highest BCUT2D eigenvalue weighted by molar-refractivity contribution is 8.02. The summed E-state index contributed by atoms with van der Waals surface area (Å²) in [7, 11) is 0. The van der Waals surface area contributed by atoms with Crippen LogP contribution in [0.3, 0.4) is 0 Å². The SMILES string of the molecule is O=C(CNC(=O)[C@@]12CCC(=O)N1c1ccccc1S2)NC1CCCCC1. The van der Waals surface area contributed by atoms with Crippen LogP contribution < -0.4 is 15.5 Å². The number of nitrogens with one attached hydrogen (secondary N) is 2. The van der Waals surface area contributed by atoms with E-state index in [1.165, 1.54) is 18.2 Å². The van der Waals surface area contributed by atoms with Crippen LogP contribution in [0, 0.1) is 0 Å². The van der Waals surface area contributed by atoms with Crippen molar-refractivity contribution < 1.29 is 14.4 Å². The summed E-state index contributed by atoms with van der Waals surface area (Å²) >= 11 is 1.41. The van der Waals surface area contributed by atoms with Crippen molar-refractivity contribution in [3.63, 3.8) is 0 Å². The van der Waals surface area contributed by atoms with Gasteiger partial charge in [0.15, 0.2) is 4.87 Å². The molecule has 2 heterocycles. The van der Waals surface area contributed by atoms with Gasteiger partial charge >= 0.3 is 0 Å². The van der Waals surface area contributed by atoms with Crippen LogP contribution in [-0.2, 0) is 14.4 Å². The summed E-state index contributed by atoms with van der Waals surface area (Å²) < 4.78 is 0. The Hall–Kier alpha value is -2.02. The number of rotatable bonds is 4. The van der Waals surface area contributed by atoms with E-state index in [-0.39, 0.29) is 30.3 Å². The lowest BCUT2D eigenvalue weighted by molar-refractivity contribution is -0.128. The van der Waals surface area contributed by atoms with Crippen LogP contribution in [0.15, 0.2) is 29.2 Å². The fourth-order valence-corrected chi connectivity index (χ4v) is 5.56. The standard InChI is InChI=1S/C19H23N3O3S/c23-16(21-13-6-2-1-3-7-13)12-20-18(25)19-11-10-17(24)22(19)14-8-4-5-9-15(14)26-19/h4-5,8-9,13H,1-3,6-7,10-12H2,(H,20,25)(H,21,23)/t19-/m0/s1. The predicted octanol–water partition coefficient (Wildman–Crippen LogP) is 2.18. The highest BCUT2D eigenvalue weighted by Crippen LogP contribution is 2.55. The first-order valence-corrected chi connectivity index (χ1v) is 10.1. The second-order valence-electron chi connectivity index (χ2n) is 7.17. The minimum atomic E-state index is -0.952. The first-order valence-electron chi connectivity index (χ1n) is 9.29. The normalized spacial score (nSPS) is 24.9.